The third-order valence-electron chi connectivity index (χ3n) is 2.86. The summed E-state index contributed by atoms with van der Waals surface area (Å²) in [5.41, 5.74) is 1.18. The molecular formula is C15H22O2. The van der Waals surface area contributed by atoms with Gasteiger partial charge in [-0.2, -0.15) is 0 Å². The molecule has 0 aliphatic rings. The van der Waals surface area contributed by atoms with E-state index in [4.69, 9.17) is 9.47 Å². The van der Waals surface area contributed by atoms with E-state index in [1.165, 1.54) is 5.56 Å². The molecule has 0 N–H and O–H groups in total. The predicted octanol–water partition coefficient (Wildman–Crippen LogP) is 3.81. The van der Waals surface area contributed by atoms with Gasteiger partial charge in [-0.25, -0.2) is 0 Å². The van der Waals surface area contributed by atoms with Gasteiger partial charge >= 0.3 is 0 Å². The van der Waals surface area contributed by atoms with Crippen molar-refractivity contribution >= 4 is 0 Å². The molecule has 0 saturated carbocycles. The molecule has 0 aromatic heterocycles. The Morgan fingerprint density at radius 1 is 1.29 bits per heavy atom. The molecule has 17 heavy (non-hydrogen) atoms. The van der Waals surface area contributed by atoms with Crippen molar-refractivity contribution in [3.05, 3.63) is 42.5 Å². The SMILES string of the molecule is C=CC[C@H](CC)COCc1ccc(OC)cc1. The van der Waals surface area contributed by atoms with Gasteiger partial charge in [-0.3, -0.25) is 0 Å². The zero-order valence-electron chi connectivity index (χ0n) is 10.8. The molecule has 1 rings (SSSR count). The van der Waals surface area contributed by atoms with Gasteiger partial charge in [0.1, 0.15) is 5.75 Å². The first-order valence-corrected chi connectivity index (χ1v) is 6.11. The average Bonchev–Trinajstić information content (AvgIpc) is 2.38. The van der Waals surface area contributed by atoms with Gasteiger partial charge in [0, 0.05) is 0 Å². The number of allylic oxidation sites excluding steroid dienone is 1. The van der Waals surface area contributed by atoms with Gasteiger partial charge < -0.3 is 9.47 Å². The second kappa shape index (κ2) is 7.91. The Labute approximate surface area is 104 Å². The minimum atomic E-state index is 0.589. The van der Waals surface area contributed by atoms with Crippen LogP contribution in [-0.4, -0.2) is 13.7 Å². The molecule has 1 aromatic rings. The summed E-state index contributed by atoms with van der Waals surface area (Å²) in [6.07, 6.45) is 4.12. The summed E-state index contributed by atoms with van der Waals surface area (Å²) >= 11 is 0. The fourth-order valence-corrected chi connectivity index (χ4v) is 1.65. The lowest BCUT2D eigenvalue weighted by molar-refractivity contribution is 0.0864. The van der Waals surface area contributed by atoms with Crippen LogP contribution in [-0.2, 0) is 11.3 Å². The average molecular weight is 234 g/mol. The number of ether oxygens (including phenoxy) is 2. The minimum absolute atomic E-state index is 0.589. The van der Waals surface area contributed by atoms with Crippen molar-refractivity contribution < 1.29 is 9.47 Å². The van der Waals surface area contributed by atoms with Crippen LogP contribution in [0.1, 0.15) is 25.3 Å². The van der Waals surface area contributed by atoms with Gasteiger partial charge in [-0.05, 0) is 30.0 Å². The molecule has 0 aliphatic carbocycles. The highest BCUT2D eigenvalue weighted by molar-refractivity contribution is 5.26. The lowest BCUT2D eigenvalue weighted by atomic mass is 10.0. The summed E-state index contributed by atoms with van der Waals surface area (Å²) in [6.45, 7) is 7.41. The lowest BCUT2D eigenvalue weighted by Crippen LogP contribution is -2.07. The molecule has 0 spiro atoms. The molecule has 0 heterocycles. The molecule has 94 valence electrons. The van der Waals surface area contributed by atoms with Crippen LogP contribution in [0.25, 0.3) is 0 Å². The Kier molecular flexibility index (Phi) is 6.41. The molecule has 2 heteroatoms. The van der Waals surface area contributed by atoms with Gasteiger partial charge in [-0.1, -0.05) is 31.6 Å². The number of rotatable bonds is 8. The summed E-state index contributed by atoms with van der Waals surface area (Å²) in [5, 5.41) is 0. The zero-order valence-corrected chi connectivity index (χ0v) is 10.8. The number of methoxy groups -OCH3 is 1. The van der Waals surface area contributed by atoms with Gasteiger partial charge in [0.25, 0.3) is 0 Å². The molecule has 1 aromatic carbocycles. The largest absolute Gasteiger partial charge is 0.497 e. The van der Waals surface area contributed by atoms with Crippen LogP contribution < -0.4 is 4.74 Å². The molecule has 0 radical (unpaired) electrons. The third kappa shape index (κ3) is 5.05. The highest BCUT2D eigenvalue weighted by Gasteiger charge is 2.04. The molecule has 0 aliphatic heterocycles. The van der Waals surface area contributed by atoms with Crippen LogP contribution in [0.4, 0.5) is 0 Å². The second-order valence-electron chi connectivity index (χ2n) is 4.16. The second-order valence-corrected chi connectivity index (χ2v) is 4.16. The summed E-state index contributed by atoms with van der Waals surface area (Å²) in [6, 6.07) is 7.99. The Hall–Kier alpha value is -1.28. The van der Waals surface area contributed by atoms with Crippen molar-refractivity contribution in [3.8, 4) is 5.75 Å². The van der Waals surface area contributed by atoms with E-state index >= 15 is 0 Å². The number of benzene rings is 1. The van der Waals surface area contributed by atoms with E-state index in [0.29, 0.717) is 12.5 Å². The van der Waals surface area contributed by atoms with E-state index in [-0.39, 0.29) is 0 Å². The third-order valence-corrected chi connectivity index (χ3v) is 2.86. The van der Waals surface area contributed by atoms with Gasteiger partial charge in [0.05, 0.1) is 20.3 Å². The van der Waals surface area contributed by atoms with Crippen molar-refractivity contribution in [3.63, 3.8) is 0 Å². The molecule has 0 amide bonds. The van der Waals surface area contributed by atoms with Gasteiger partial charge in [0.15, 0.2) is 0 Å². The number of hydrogen-bond acceptors (Lipinski definition) is 2. The van der Waals surface area contributed by atoms with Gasteiger partial charge in [0.2, 0.25) is 0 Å². The lowest BCUT2D eigenvalue weighted by Gasteiger charge is -2.13. The van der Waals surface area contributed by atoms with Crippen molar-refractivity contribution in [2.24, 2.45) is 5.92 Å². The topological polar surface area (TPSA) is 18.5 Å². The van der Waals surface area contributed by atoms with E-state index in [1.54, 1.807) is 7.11 Å². The van der Waals surface area contributed by atoms with E-state index in [9.17, 15) is 0 Å². The Morgan fingerprint density at radius 2 is 2.00 bits per heavy atom. The fraction of sp³-hybridized carbons (Fsp3) is 0.467. The maximum atomic E-state index is 5.71. The highest BCUT2D eigenvalue weighted by Crippen LogP contribution is 2.14. The van der Waals surface area contributed by atoms with Crippen molar-refractivity contribution in [1.82, 2.24) is 0 Å². The van der Waals surface area contributed by atoms with E-state index < -0.39 is 0 Å². The van der Waals surface area contributed by atoms with Crippen molar-refractivity contribution in [1.29, 1.82) is 0 Å². The Bertz CT molecular complexity index is 316. The van der Waals surface area contributed by atoms with Crippen LogP contribution in [0.3, 0.4) is 0 Å². The molecule has 1 atom stereocenters. The van der Waals surface area contributed by atoms with Crippen LogP contribution in [0.5, 0.6) is 5.75 Å². The first-order valence-electron chi connectivity index (χ1n) is 6.11. The quantitative estimate of drug-likeness (QED) is 0.637. The maximum absolute atomic E-state index is 5.71. The summed E-state index contributed by atoms with van der Waals surface area (Å²) in [4.78, 5) is 0. The fourth-order valence-electron chi connectivity index (χ4n) is 1.65. The molecule has 2 nitrogen and oxygen atoms in total. The Balaban J connectivity index is 2.31. The first kappa shape index (κ1) is 13.8. The maximum Gasteiger partial charge on any atom is 0.118 e. The first-order chi connectivity index (χ1) is 8.30. The van der Waals surface area contributed by atoms with Gasteiger partial charge in [-0.15, -0.1) is 6.58 Å². The van der Waals surface area contributed by atoms with Crippen LogP contribution in [0.2, 0.25) is 0 Å². The van der Waals surface area contributed by atoms with Crippen molar-refractivity contribution in [2.45, 2.75) is 26.4 Å². The van der Waals surface area contributed by atoms with E-state index in [2.05, 4.69) is 13.5 Å². The summed E-state index contributed by atoms with van der Waals surface area (Å²) in [5.74, 6) is 1.47. The minimum Gasteiger partial charge on any atom is -0.497 e. The smallest absolute Gasteiger partial charge is 0.118 e. The van der Waals surface area contributed by atoms with E-state index in [1.807, 2.05) is 30.3 Å². The normalized spacial score (nSPS) is 12.1. The van der Waals surface area contributed by atoms with Crippen LogP contribution in [0, 0.1) is 5.92 Å². The van der Waals surface area contributed by atoms with Crippen molar-refractivity contribution in [2.75, 3.05) is 13.7 Å². The molecule has 0 bridgehead atoms. The van der Waals surface area contributed by atoms with Crippen LogP contribution in [0.15, 0.2) is 36.9 Å². The standard InChI is InChI=1S/C15H22O2/c1-4-6-13(5-2)11-17-12-14-7-9-15(16-3)10-8-14/h4,7-10,13H,1,5-6,11-12H2,2-3H3/t13-/m0/s1. The zero-order chi connectivity index (χ0) is 12.5. The Morgan fingerprint density at radius 3 is 2.53 bits per heavy atom. The van der Waals surface area contributed by atoms with E-state index in [0.717, 1.165) is 25.2 Å². The highest BCUT2D eigenvalue weighted by atomic mass is 16.5. The molecule has 0 saturated heterocycles. The molecular weight excluding hydrogens is 212 g/mol. The summed E-state index contributed by atoms with van der Waals surface area (Å²) < 4.78 is 10.8. The predicted molar refractivity (Wildman–Crippen MR) is 71.2 cm³/mol. The monoisotopic (exact) mass is 234 g/mol. The number of hydrogen-bond donors (Lipinski definition) is 0. The molecule has 0 fully saturated rings. The summed E-state index contributed by atoms with van der Waals surface area (Å²) in [7, 11) is 1.67. The van der Waals surface area contributed by atoms with Crippen LogP contribution >= 0.6 is 0 Å². The molecule has 0 unspecified atom stereocenters.